The van der Waals surface area contributed by atoms with E-state index < -0.39 is 0 Å². The largest absolute Gasteiger partial charge is 0.399 e. The molecule has 0 aliphatic heterocycles. The molecule has 3 heteroatoms. The topological polar surface area (TPSA) is 46.3 Å². The standard InChI is InChI=1S/C27H40N2O/c1-21(2)9-7-11-23(5)17-19-29(20-18-24(6)12-8-10-22(3)4)27(30)25-13-15-26(28)16-14-25/h9-10,13-18H,7-8,11-12,19-20,28H2,1-6H3/b23-17+,24-18+. The summed E-state index contributed by atoms with van der Waals surface area (Å²) in [6.45, 7) is 14.0. The fraction of sp³-hybridized carbons (Fsp3) is 0.444. The second kappa shape index (κ2) is 13.6. The molecular weight excluding hydrogens is 368 g/mol. The Kier molecular flexibility index (Phi) is 11.6. The Hall–Kier alpha value is -2.55. The lowest BCUT2D eigenvalue weighted by Gasteiger charge is -2.21. The molecule has 0 atom stereocenters. The van der Waals surface area contributed by atoms with E-state index in [0.29, 0.717) is 24.3 Å². The maximum atomic E-state index is 13.1. The Morgan fingerprint density at radius 1 is 0.767 bits per heavy atom. The number of nitrogens with zero attached hydrogens (tertiary/aromatic N) is 1. The molecule has 1 amide bonds. The molecule has 2 N–H and O–H groups in total. The molecule has 0 saturated heterocycles. The van der Waals surface area contributed by atoms with Crippen LogP contribution in [-0.2, 0) is 0 Å². The fourth-order valence-corrected chi connectivity index (χ4v) is 2.96. The van der Waals surface area contributed by atoms with Crippen molar-refractivity contribution in [3.8, 4) is 0 Å². The van der Waals surface area contributed by atoms with E-state index >= 15 is 0 Å². The highest BCUT2D eigenvalue weighted by Gasteiger charge is 2.14. The normalized spacial score (nSPS) is 11.8. The van der Waals surface area contributed by atoms with Gasteiger partial charge in [-0.05, 0) is 91.5 Å². The summed E-state index contributed by atoms with van der Waals surface area (Å²) in [5.41, 5.74) is 12.4. The van der Waals surface area contributed by atoms with Gasteiger partial charge < -0.3 is 10.6 Å². The van der Waals surface area contributed by atoms with E-state index in [0.717, 1.165) is 25.7 Å². The van der Waals surface area contributed by atoms with E-state index in [9.17, 15) is 4.79 Å². The Labute approximate surface area is 184 Å². The highest BCUT2D eigenvalue weighted by Crippen LogP contribution is 2.13. The van der Waals surface area contributed by atoms with Crippen molar-refractivity contribution >= 4 is 11.6 Å². The number of amides is 1. The van der Waals surface area contributed by atoms with Crippen molar-refractivity contribution in [3.05, 3.63) is 76.4 Å². The summed E-state index contributed by atoms with van der Waals surface area (Å²) in [6, 6.07) is 7.18. The van der Waals surface area contributed by atoms with E-state index in [1.54, 1.807) is 24.3 Å². The van der Waals surface area contributed by atoms with Crippen LogP contribution in [0.1, 0.15) is 77.6 Å². The molecule has 0 aliphatic carbocycles. The molecule has 164 valence electrons. The number of allylic oxidation sites excluding steroid dienone is 6. The maximum Gasteiger partial charge on any atom is 0.254 e. The van der Waals surface area contributed by atoms with Crippen LogP contribution in [0.3, 0.4) is 0 Å². The third kappa shape index (κ3) is 10.8. The number of nitrogens with two attached hydrogens (primary N) is 1. The van der Waals surface area contributed by atoms with Crippen molar-refractivity contribution in [2.45, 2.75) is 67.2 Å². The van der Waals surface area contributed by atoms with Gasteiger partial charge in [0.05, 0.1) is 0 Å². The van der Waals surface area contributed by atoms with Gasteiger partial charge >= 0.3 is 0 Å². The summed E-state index contributed by atoms with van der Waals surface area (Å²) in [4.78, 5) is 15.0. The van der Waals surface area contributed by atoms with Crippen LogP contribution in [-0.4, -0.2) is 23.9 Å². The Morgan fingerprint density at radius 3 is 1.60 bits per heavy atom. The number of carbonyl (C=O) groups excluding carboxylic acids is 1. The Balaban J connectivity index is 2.87. The van der Waals surface area contributed by atoms with E-state index in [1.807, 2.05) is 4.90 Å². The number of benzene rings is 1. The number of rotatable bonds is 11. The summed E-state index contributed by atoms with van der Waals surface area (Å²) in [7, 11) is 0. The van der Waals surface area contributed by atoms with Gasteiger partial charge in [-0.2, -0.15) is 0 Å². The lowest BCUT2D eigenvalue weighted by molar-refractivity contribution is 0.0790. The summed E-state index contributed by atoms with van der Waals surface area (Å²) >= 11 is 0. The Morgan fingerprint density at radius 2 is 1.20 bits per heavy atom. The Bertz CT molecular complexity index is 747. The first-order valence-electron chi connectivity index (χ1n) is 10.9. The second-order valence-corrected chi connectivity index (χ2v) is 8.57. The van der Waals surface area contributed by atoms with E-state index in [1.165, 1.54) is 22.3 Å². The quantitative estimate of drug-likeness (QED) is 0.313. The van der Waals surface area contributed by atoms with E-state index in [4.69, 9.17) is 5.73 Å². The van der Waals surface area contributed by atoms with Crippen molar-refractivity contribution in [2.75, 3.05) is 18.8 Å². The lowest BCUT2D eigenvalue weighted by Crippen LogP contribution is -2.31. The van der Waals surface area contributed by atoms with Crippen molar-refractivity contribution in [1.29, 1.82) is 0 Å². The molecule has 3 nitrogen and oxygen atoms in total. The molecule has 0 spiro atoms. The summed E-state index contributed by atoms with van der Waals surface area (Å²) in [5.74, 6) is 0.0386. The van der Waals surface area contributed by atoms with Gasteiger partial charge in [-0.3, -0.25) is 4.79 Å². The predicted octanol–water partition coefficient (Wildman–Crippen LogP) is 7.10. The minimum atomic E-state index is 0.0386. The second-order valence-electron chi connectivity index (χ2n) is 8.57. The van der Waals surface area contributed by atoms with E-state index in [2.05, 4.69) is 65.8 Å². The molecule has 0 heterocycles. The molecule has 1 aromatic carbocycles. The summed E-state index contributed by atoms with van der Waals surface area (Å²) in [6.07, 6.45) is 13.0. The average Bonchev–Trinajstić information content (AvgIpc) is 2.67. The van der Waals surface area contributed by atoms with Gasteiger partial charge in [0, 0.05) is 24.3 Å². The number of hydrogen-bond acceptors (Lipinski definition) is 2. The number of nitrogen functional groups attached to an aromatic ring is 1. The van der Waals surface area contributed by atoms with Crippen LogP contribution in [0.25, 0.3) is 0 Å². The van der Waals surface area contributed by atoms with Gasteiger partial charge in [0.2, 0.25) is 0 Å². The van der Waals surface area contributed by atoms with Gasteiger partial charge in [-0.1, -0.05) is 46.6 Å². The van der Waals surface area contributed by atoms with E-state index in [-0.39, 0.29) is 5.91 Å². The molecule has 0 aromatic heterocycles. The van der Waals surface area contributed by atoms with Crippen molar-refractivity contribution in [1.82, 2.24) is 4.90 Å². The van der Waals surface area contributed by atoms with Gasteiger partial charge in [0.25, 0.3) is 5.91 Å². The van der Waals surface area contributed by atoms with Crippen LogP contribution in [0.4, 0.5) is 5.69 Å². The SMILES string of the molecule is CC(C)=CCC/C(C)=C/CN(C/C=C(\C)CCC=C(C)C)C(=O)c1ccc(N)cc1. The first-order chi connectivity index (χ1) is 14.2. The first-order valence-corrected chi connectivity index (χ1v) is 10.9. The minimum Gasteiger partial charge on any atom is -0.399 e. The zero-order valence-electron chi connectivity index (χ0n) is 19.8. The fourth-order valence-electron chi connectivity index (χ4n) is 2.96. The first kappa shape index (κ1) is 25.5. The van der Waals surface area contributed by atoms with Crippen LogP contribution >= 0.6 is 0 Å². The van der Waals surface area contributed by atoms with Crippen molar-refractivity contribution in [2.24, 2.45) is 0 Å². The molecular formula is C27H40N2O. The highest BCUT2D eigenvalue weighted by atomic mass is 16.2. The molecule has 0 unspecified atom stereocenters. The smallest absolute Gasteiger partial charge is 0.254 e. The molecule has 0 saturated carbocycles. The monoisotopic (exact) mass is 408 g/mol. The molecule has 1 rings (SSSR count). The average molecular weight is 409 g/mol. The predicted molar refractivity (Wildman–Crippen MR) is 132 cm³/mol. The minimum absolute atomic E-state index is 0.0386. The van der Waals surface area contributed by atoms with Gasteiger partial charge in [-0.15, -0.1) is 0 Å². The third-order valence-corrected chi connectivity index (χ3v) is 4.95. The van der Waals surface area contributed by atoms with Crippen LogP contribution in [0.5, 0.6) is 0 Å². The molecule has 0 aliphatic rings. The van der Waals surface area contributed by atoms with Crippen molar-refractivity contribution in [3.63, 3.8) is 0 Å². The summed E-state index contributed by atoms with van der Waals surface area (Å²) < 4.78 is 0. The van der Waals surface area contributed by atoms with Crippen LogP contribution in [0, 0.1) is 0 Å². The van der Waals surface area contributed by atoms with Crippen LogP contribution in [0.15, 0.2) is 70.9 Å². The summed E-state index contributed by atoms with van der Waals surface area (Å²) in [5, 5.41) is 0. The molecule has 0 fully saturated rings. The molecule has 1 aromatic rings. The zero-order valence-corrected chi connectivity index (χ0v) is 19.8. The highest BCUT2D eigenvalue weighted by molar-refractivity contribution is 5.94. The van der Waals surface area contributed by atoms with Gasteiger partial charge in [-0.25, -0.2) is 0 Å². The number of hydrogen-bond donors (Lipinski definition) is 1. The molecule has 0 bridgehead atoms. The van der Waals surface area contributed by atoms with Gasteiger partial charge in [0.1, 0.15) is 0 Å². The molecule has 30 heavy (non-hydrogen) atoms. The number of anilines is 1. The zero-order chi connectivity index (χ0) is 22.5. The molecule has 0 radical (unpaired) electrons. The van der Waals surface area contributed by atoms with Gasteiger partial charge in [0.15, 0.2) is 0 Å². The van der Waals surface area contributed by atoms with Crippen LogP contribution < -0.4 is 5.73 Å². The lowest BCUT2D eigenvalue weighted by atomic mass is 10.1. The third-order valence-electron chi connectivity index (χ3n) is 4.95. The maximum absolute atomic E-state index is 13.1. The van der Waals surface area contributed by atoms with Crippen LogP contribution in [0.2, 0.25) is 0 Å². The number of carbonyl (C=O) groups is 1. The van der Waals surface area contributed by atoms with Crippen molar-refractivity contribution < 1.29 is 4.79 Å².